The Morgan fingerprint density at radius 1 is 1.15 bits per heavy atom. The highest BCUT2D eigenvalue weighted by Crippen LogP contribution is 2.28. The molecule has 8 nitrogen and oxygen atoms in total. The molecule has 0 aliphatic carbocycles. The lowest BCUT2D eigenvalue weighted by Crippen LogP contribution is -2.19. The summed E-state index contributed by atoms with van der Waals surface area (Å²) in [6.45, 7) is 4.03. The Morgan fingerprint density at radius 3 is 2.62 bits per heavy atom. The van der Waals surface area contributed by atoms with E-state index in [4.69, 9.17) is 0 Å². The van der Waals surface area contributed by atoms with Crippen LogP contribution in [0.1, 0.15) is 22.4 Å². The Balaban J connectivity index is 1.53. The second-order valence-corrected chi connectivity index (χ2v) is 8.39. The van der Waals surface area contributed by atoms with Gasteiger partial charge in [0.1, 0.15) is 23.5 Å². The number of thioether (sulfide) groups is 1. The molecule has 11 heteroatoms. The number of rotatable bonds is 7. The van der Waals surface area contributed by atoms with Crippen LogP contribution >= 0.6 is 11.8 Å². The lowest BCUT2D eigenvalue weighted by Gasteiger charge is -2.13. The summed E-state index contributed by atoms with van der Waals surface area (Å²) in [5.74, 6) is -0.808. The van der Waals surface area contributed by atoms with Gasteiger partial charge in [0.2, 0.25) is 11.1 Å². The van der Waals surface area contributed by atoms with E-state index in [1.54, 1.807) is 18.2 Å². The normalized spacial score (nSPS) is 10.8. The maximum Gasteiger partial charge on any atom is 0.235 e. The van der Waals surface area contributed by atoms with Crippen molar-refractivity contribution >= 4 is 23.5 Å². The summed E-state index contributed by atoms with van der Waals surface area (Å²) >= 11 is 1.08. The van der Waals surface area contributed by atoms with E-state index in [0.29, 0.717) is 28.8 Å². The van der Waals surface area contributed by atoms with Gasteiger partial charge in [-0.25, -0.2) is 8.78 Å². The van der Waals surface area contributed by atoms with Crippen LogP contribution in [0.3, 0.4) is 0 Å². The number of tetrazole rings is 1. The molecule has 0 saturated carbocycles. The van der Waals surface area contributed by atoms with E-state index < -0.39 is 5.82 Å². The fourth-order valence-corrected chi connectivity index (χ4v) is 4.13. The maximum absolute atomic E-state index is 13.6. The van der Waals surface area contributed by atoms with E-state index in [-0.39, 0.29) is 17.5 Å². The monoisotopic (exact) mass is 479 g/mol. The Morgan fingerprint density at radius 2 is 1.91 bits per heavy atom. The van der Waals surface area contributed by atoms with Crippen LogP contribution in [-0.4, -0.2) is 36.4 Å². The highest BCUT2D eigenvalue weighted by atomic mass is 32.2. The van der Waals surface area contributed by atoms with E-state index in [2.05, 4.69) is 26.9 Å². The molecule has 2 aromatic carbocycles. The van der Waals surface area contributed by atoms with Gasteiger partial charge in [-0.05, 0) is 65.7 Å². The molecule has 172 valence electrons. The van der Waals surface area contributed by atoms with Crippen LogP contribution in [0.5, 0.6) is 0 Å². The Kier molecular flexibility index (Phi) is 6.70. The minimum absolute atomic E-state index is 0.0413. The number of amides is 1. The number of nitriles is 1. The fraction of sp³-hybridized carbons (Fsp3) is 0.174. The summed E-state index contributed by atoms with van der Waals surface area (Å²) in [6, 6.07) is 14.0. The zero-order valence-electron chi connectivity index (χ0n) is 18.3. The van der Waals surface area contributed by atoms with Crippen LogP contribution in [0.2, 0.25) is 0 Å². The first kappa shape index (κ1) is 23.1. The number of hydrogen-bond donors (Lipinski definition) is 1. The summed E-state index contributed by atoms with van der Waals surface area (Å²) in [5.41, 5.74) is 3.19. The molecule has 0 aliphatic heterocycles. The van der Waals surface area contributed by atoms with Crippen LogP contribution < -0.4 is 5.32 Å². The van der Waals surface area contributed by atoms with Crippen LogP contribution in [-0.2, 0) is 11.3 Å². The van der Waals surface area contributed by atoms with Gasteiger partial charge in [0.15, 0.2) is 0 Å². The fourth-order valence-electron chi connectivity index (χ4n) is 3.44. The smallest absolute Gasteiger partial charge is 0.235 e. The van der Waals surface area contributed by atoms with Crippen LogP contribution in [0.25, 0.3) is 5.69 Å². The Bertz CT molecular complexity index is 1390. The number of carbonyl (C=O) groups is 1. The highest BCUT2D eigenvalue weighted by Gasteiger charge is 2.20. The van der Waals surface area contributed by atoms with Crippen LogP contribution in [0.4, 0.5) is 14.6 Å². The van der Waals surface area contributed by atoms with Gasteiger partial charge in [0.25, 0.3) is 0 Å². The maximum atomic E-state index is 13.6. The van der Waals surface area contributed by atoms with Crippen molar-refractivity contribution in [2.75, 3.05) is 11.1 Å². The highest BCUT2D eigenvalue weighted by molar-refractivity contribution is 7.99. The van der Waals surface area contributed by atoms with Crippen molar-refractivity contribution in [3.05, 3.63) is 82.5 Å². The largest absolute Gasteiger partial charge is 0.326 e. The molecule has 0 atom stereocenters. The zero-order valence-corrected chi connectivity index (χ0v) is 19.1. The third kappa shape index (κ3) is 4.82. The van der Waals surface area contributed by atoms with Crippen molar-refractivity contribution in [2.24, 2.45) is 0 Å². The van der Waals surface area contributed by atoms with Gasteiger partial charge in [-0.1, -0.05) is 30.0 Å². The summed E-state index contributed by atoms with van der Waals surface area (Å²) in [5, 5.41) is 24.2. The van der Waals surface area contributed by atoms with Crippen molar-refractivity contribution in [2.45, 2.75) is 25.5 Å². The molecule has 0 spiro atoms. The SMILES string of the molecule is Cc1c(C#N)c(NC(=O)CSc2nnnn2-c2cccc(F)c2)n(Cc2ccc(F)cc2)c1C. The van der Waals surface area contributed by atoms with Crippen molar-refractivity contribution in [3.63, 3.8) is 0 Å². The first-order chi connectivity index (χ1) is 16.4. The molecule has 2 heterocycles. The van der Waals surface area contributed by atoms with E-state index in [9.17, 15) is 18.8 Å². The summed E-state index contributed by atoms with van der Waals surface area (Å²) in [7, 11) is 0. The van der Waals surface area contributed by atoms with E-state index >= 15 is 0 Å². The molecule has 0 saturated heterocycles. The predicted octanol–water partition coefficient (Wildman–Crippen LogP) is 4.01. The molecule has 4 aromatic rings. The van der Waals surface area contributed by atoms with Crippen molar-refractivity contribution in [3.8, 4) is 11.8 Å². The molecule has 0 aliphatic rings. The molecule has 0 bridgehead atoms. The second-order valence-electron chi connectivity index (χ2n) is 7.45. The van der Waals surface area contributed by atoms with E-state index in [1.807, 2.05) is 18.4 Å². The van der Waals surface area contributed by atoms with Gasteiger partial charge in [-0.15, -0.1) is 5.10 Å². The molecule has 34 heavy (non-hydrogen) atoms. The molecule has 0 fully saturated rings. The second kappa shape index (κ2) is 9.84. The average Bonchev–Trinajstić information content (AvgIpc) is 3.38. The molecular weight excluding hydrogens is 460 g/mol. The molecule has 0 unspecified atom stereocenters. The molecule has 1 amide bonds. The number of carbonyl (C=O) groups excluding carboxylic acids is 1. The van der Waals surface area contributed by atoms with Crippen molar-refractivity contribution < 1.29 is 13.6 Å². The molecular formula is C23H19F2N7OS. The molecule has 1 N–H and O–H groups in total. The quantitative estimate of drug-likeness (QED) is 0.402. The molecule has 4 rings (SSSR count). The van der Waals surface area contributed by atoms with Crippen molar-refractivity contribution in [1.82, 2.24) is 24.8 Å². The molecule has 0 radical (unpaired) electrons. The predicted molar refractivity (Wildman–Crippen MR) is 123 cm³/mol. The average molecular weight is 480 g/mol. The van der Waals surface area contributed by atoms with Gasteiger partial charge < -0.3 is 9.88 Å². The number of nitrogens with one attached hydrogen (secondary N) is 1. The number of nitrogens with zero attached hydrogens (tertiary/aromatic N) is 6. The third-order valence-corrected chi connectivity index (χ3v) is 6.20. The number of halogens is 2. The number of aromatic nitrogens is 5. The van der Waals surface area contributed by atoms with Crippen LogP contribution in [0, 0.1) is 36.8 Å². The number of anilines is 1. The Labute approximate surface area is 198 Å². The van der Waals surface area contributed by atoms with Crippen LogP contribution in [0.15, 0.2) is 53.7 Å². The number of benzene rings is 2. The molecule has 2 aromatic heterocycles. The van der Waals surface area contributed by atoms with E-state index in [1.165, 1.54) is 35.0 Å². The summed E-state index contributed by atoms with van der Waals surface area (Å²) in [4.78, 5) is 12.8. The van der Waals surface area contributed by atoms with Gasteiger partial charge in [0.05, 0.1) is 17.0 Å². The summed E-state index contributed by atoms with van der Waals surface area (Å²) in [6.07, 6.45) is 0. The lowest BCUT2D eigenvalue weighted by atomic mass is 10.2. The first-order valence-electron chi connectivity index (χ1n) is 10.2. The van der Waals surface area contributed by atoms with Crippen molar-refractivity contribution in [1.29, 1.82) is 5.26 Å². The third-order valence-electron chi connectivity index (χ3n) is 5.28. The lowest BCUT2D eigenvalue weighted by molar-refractivity contribution is -0.113. The van der Waals surface area contributed by atoms with Gasteiger partial charge in [0, 0.05) is 12.2 Å². The minimum Gasteiger partial charge on any atom is -0.326 e. The first-order valence-corrected chi connectivity index (χ1v) is 11.2. The standard InChI is InChI=1S/C23H19F2N7OS/c1-14-15(2)31(12-16-6-8-17(24)9-7-16)22(20(14)11-26)27-21(33)13-34-23-28-29-30-32(23)19-5-3-4-18(25)10-19/h3-10H,12-13H2,1-2H3,(H,27,33). The van der Waals surface area contributed by atoms with Gasteiger partial charge >= 0.3 is 0 Å². The number of hydrogen-bond acceptors (Lipinski definition) is 6. The van der Waals surface area contributed by atoms with E-state index in [0.717, 1.165) is 28.6 Å². The Hall–Kier alpha value is -4.04. The zero-order chi connectivity index (χ0) is 24.2. The summed E-state index contributed by atoms with van der Waals surface area (Å²) < 4.78 is 30.0. The minimum atomic E-state index is -0.432. The van der Waals surface area contributed by atoms with Gasteiger partial charge in [-0.2, -0.15) is 9.94 Å². The topological polar surface area (TPSA) is 101 Å². The van der Waals surface area contributed by atoms with Gasteiger partial charge in [-0.3, -0.25) is 4.79 Å².